The molecular weight excluding hydrogens is 377 g/mol. The van der Waals surface area contributed by atoms with E-state index in [4.69, 9.17) is 0 Å². The maximum atomic E-state index is 14.9. The number of urea groups is 1. The third kappa shape index (κ3) is 3.12. The molecule has 2 N–H and O–H groups in total. The fourth-order valence-electron chi connectivity index (χ4n) is 4.31. The van der Waals surface area contributed by atoms with Crippen molar-refractivity contribution in [3.8, 4) is 0 Å². The molecule has 150 valence electrons. The van der Waals surface area contributed by atoms with Crippen molar-refractivity contribution < 1.29 is 9.18 Å². The van der Waals surface area contributed by atoms with Gasteiger partial charge in [-0.2, -0.15) is 0 Å². The van der Waals surface area contributed by atoms with Gasteiger partial charge >= 0.3 is 6.03 Å². The molecule has 0 bridgehead atoms. The number of H-pyrrole nitrogens is 1. The average molecular weight is 399 g/mol. The number of aromatic nitrogens is 1. The van der Waals surface area contributed by atoms with Crippen molar-refractivity contribution in [3.05, 3.63) is 101 Å². The number of fused-ring (bicyclic) bond motifs is 3. The van der Waals surface area contributed by atoms with Crippen molar-refractivity contribution >= 4 is 22.6 Å². The summed E-state index contributed by atoms with van der Waals surface area (Å²) in [5.74, 6) is -0.317. The standard InChI is InChI=1S/C25H22FN3O/c1-16-10-12-17(13-11-16)27-25(30)29-15-14-19-18-6-3-5-9-22(18)28-23(19)24(29)20-7-2-4-8-21(20)26/h2-13,24,28H,14-15H2,1H3,(H,27,30)/t24-/m1/s1. The first-order valence-electron chi connectivity index (χ1n) is 10.1. The molecule has 1 aliphatic rings. The van der Waals surface area contributed by atoms with E-state index in [1.807, 2.05) is 55.5 Å². The molecule has 1 atom stereocenters. The molecule has 3 aromatic carbocycles. The van der Waals surface area contributed by atoms with Crippen LogP contribution < -0.4 is 5.32 Å². The number of hydrogen-bond acceptors (Lipinski definition) is 1. The Morgan fingerprint density at radius 3 is 2.57 bits per heavy atom. The lowest BCUT2D eigenvalue weighted by Crippen LogP contribution is -2.43. The Balaban J connectivity index is 1.59. The largest absolute Gasteiger partial charge is 0.356 e. The third-order valence-corrected chi connectivity index (χ3v) is 5.80. The molecule has 0 aliphatic carbocycles. The van der Waals surface area contributed by atoms with Crippen LogP contribution in [0.3, 0.4) is 0 Å². The molecule has 2 amide bonds. The zero-order chi connectivity index (χ0) is 20.7. The lowest BCUT2D eigenvalue weighted by atomic mass is 9.92. The summed E-state index contributed by atoms with van der Waals surface area (Å²) in [7, 11) is 0. The van der Waals surface area contributed by atoms with E-state index < -0.39 is 6.04 Å². The summed E-state index contributed by atoms with van der Waals surface area (Å²) in [5.41, 5.74) is 5.37. The van der Waals surface area contributed by atoms with Gasteiger partial charge in [-0.05, 0) is 43.2 Å². The Labute approximate surface area is 174 Å². The van der Waals surface area contributed by atoms with E-state index >= 15 is 0 Å². The minimum Gasteiger partial charge on any atom is -0.356 e. The minimum atomic E-state index is -0.521. The molecule has 5 heteroatoms. The van der Waals surface area contributed by atoms with Gasteiger partial charge in [0.15, 0.2) is 0 Å². The van der Waals surface area contributed by atoms with Gasteiger partial charge in [0, 0.05) is 34.4 Å². The predicted octanol–water partition coefficient (Wildman–Crippen LogP) is 5.80. The van der Waals surface area contributed by atoms with Gasteiger partial charge in [-0.15, -0.1) is 0 Å². The van der Waals surface area contributed by atoms with E-state index in [2.05, 4.69) is 16.4 Å². The normalized spacial score (nSPS) is 15.8. The molecule has 0 spiro atoms. The number of anilines is 1. The van der Waals surface area contributed by atoms with Crippen molar-refractivity contribution in [3.63, 3.8) is 0 Å². The average Bonchev–Trinajstić information content (AvgIpc) is 3.14. The van der Waals surface area contributed by atoms with Crippen LogP contribution in [0.25, 0.3) is 10.9 Å². The van der Waals surface area contributed by atoms with E-state index in [9.17, 15) is 9.18 Å². The van der Waals surface area contributed by atoms with Crippen molar-refractivity contribution in [2.24, 2.45) is 0 Å². The van der Waals surface area contributed by atoms with E-state index in [0.717, 1.165) is 33.4 Å². The number of carbonyl (C=O) groups excluding carboxylic acids is 1. The van der Waals surface area contributed by atoms with Crippen molar-refractivity contribution in [2.45, 2.75) is 19.4 Å². The fraction of sp³-hybridized carbons (Fsp3) is 0.160. The highest BCUT2D eigenvalue weighted by molar-refractivity contribution is 5.91. The highest BCUT2D eigenvalue weighted by Crippen LogP contribution is 2.39. The Hall–Kier alpha value is -3.60. The molecule has 0 fully saturated rings. The number of halogens is 1. The number of carbonyl (C=O) groups is 1. The van der Waals surface area contributed by atoms with Gasteiger partial charge in [0.2, 0.25) is 0 Å². The molecule has 1 aliphatic heterocycles. The molecule has 5 rings (SSSR count). The van der Waals surface area contributed by atoms with Crippen LogP contribution in [0.1, 0.15) is 28.4 Å². The topological polar surface area (TPSA) is 48.1 Å². The Morgan fingerprint density at radius 1 is 1.03 bits per heavy atom. The number of benzene rings is 3. The molecule has 0 saturated carbocycles. The summed E-state index contributed by atoms with van der Waals surface area (Å²) < 4.78 is 14.9. The van der Waals surface area contributed by atoms with Crippen LogP contribution in [-0.4, -0.2) is 22.5 Å². The highest BCUT2D eigenvalue weighted by Gasteiger charge is 2.35. The number of nitrogens with zero attached hydrogens (tertiary/aromatic N) is 1. The van der Waals surface area contributed by atoms with Crippen molar-refractivity contribution in [1.29, 1.82) is 0 Å². The maximum absolute atomic E-state index is 14.9. The third-order valence-electron chi connectivity index (χ3n) is 5.80. The summed E-state index contributed by atoms with van der Waals surface area (Å²) in [6.45, 7) is 2.51. The number of aromatic amines is 1. The molecule has 0 radical (unpaired) electrons. The van der Waals surface area contributed by atoms with Crippen LogP contribution in [0.5, 0.6) is 0 Å². The van der Waals surface area contributed by atoms with Crippen LogP contribution >= 0.6 is 0 Å². The van der Waals surface area contributed by atoms with Crippen molar-refractivity contribution in [1.82, 2.24) is 9.88 Å². The van der Waals surface area contributed by atoms with Gasteiger partial charge < -0.3 is 15.2 Å². The zero-order valence-electron chi connectivity index (χ0n) is 16.7. The van der Waals surface area contributed by atoms with Gasteiger partial charge in [0.25, 0.3) is 0 Å². The lowest BCUT2D eigenvalue weighted by molar-refractivity contribution is 0.192. The second-order valence-electron chi connectivity index (χ2n) is 7.73. The molecule has 4 nitrogen and oxygen atoms in total. The molecule has 2 heterocycles. The monoisotopic (exact) mass is 399 g/mol. The smallest absolute Gasteiger partial charge is 0.322 e. The summed E-state index contributed by atoms with van der Waals surface area (Å²) in [5, 5.41) is 4.11. The van der Waals surface area contributed by atoms with Gasteiger partial charge in [0.1, 0.15) is 11.9 Å². The summed E-state index contributed by atoms with van der Waals surface area (Å²) >= 11 is 0. The molecule has 0 saturated heterocycles. The predicted molar refractivity (Wildman–Crippen MR) is 117 cm³/mol. The summed E-state index contributed by atoms with van der Waals surface area (Å²) in [6.07, 6.45) is 0.714. The van der Waals surface area contributed by atoms with E-state index in [1.54, 1.807) is 17.0 Å². The SMILES string of the molecule is Cc1ccc(NC(=O)N2CCc3c([nH]c4ccccc34)[C@H]2c2ccccc2F)cc1. The molecular formula is C25H22FN3O. The van der Waals surface area contributed by atoms with Crippen LogP contribution in [0, 0.1) is 12.7 Å². The van der Waals surface area contributed by atoms with E-state index in [-0.39, 0.29) is 11.8 Å². The molecule has 0 unspecified atom stereocenters. The van der Waals surface area contributed by atoms with Gasteiger partial charge in [-0.1, -0.05) is 54.1 Å². The van der Waals surface area contributed by atoms with Crippen LogP contribution in [0.2, 0.25) is 0 Å². The van der Waals surface area contributed by atoms with Crippen LogP contribution in [0.15, 0.2) is 72.8 Å². The van der Waals surface area contributed by atoms with Gasteiger partial charge in [-0.25, -0.2) is 9.18 Å². The Bertz CT molecular complexity index is 1230. The quantitative estimate of drug-likeness (QED) is 0.440. The van der Waals surface area contributed by atoms with Crippen LogP contribution in [-0.2, 0) is 6.42 Å². The number of rotatable bonds is 2. The number of hydrogen-bond donors (Lipinski definition) is 2. The lowest BCUT2D eigenvalue weighted by Gasteiger charge is -2.36. The van der Waals surface area contributed by atoms with E-state index in [0.29, 0.717) is 18.5 Å². The van der Waals surface area contributed by atoms with Crippen LogP contribution in [0.4, 0.5) is 14.9 Å². The maximum Gasteiger partial charge on any atom is 0.322 e. The first-order valence-corrected chi connectivity index (χ1v) is 10.1. The number of para-hydroxylation sites is 1. The second kappa shape index (κ2) is 7.34. The first kappa shape index (κ1) is 18.4. The van der Waals surface area contributed by atoms with Crippen molar-refractivity contribution in [2.75, 3.05) is 11.9 Å². The zero-order valence-corrected chi connectivity index (χ0v) is 16.7. The van der Waals surface area contributed by atoms with Gasteiger partial charge in [0.05, 0.1) is 0 Å². The Kier molecular flexibility index (Phi) is 4.51. The molecule has 4 aromatic rings. The minimum absolute atomic E-state index is 0.239. The number of amides is 2. The molecule has 1 aromatic heterocycles. The number of nitrogens with one attached hydrogen (secondary N) is 2. The number of aryl methyl sites for hydroxylation is 1. The first-order chi connectivity index (χ1) is 14.6. The van der Waals surface area contributed by atoms with Gasteiger partial charge in [-0.3, -0.25) is 0 Å². The van der Waals surface area contributed by atoms with E-state index in [1.165, 1.54) is 6.07 Å². The fourth-order valence-corrected chi connectivity index (χ4v) is 4.31. The summed E-state index contributed by atoms with van der Waals surface area (Å²) in [6, 6.07) is 21.7. The summed E-state index contributed by atoms with van der Waals surface area (Å²) in [4.78, 5) is 18.4. The second-order valence-corrected chi connectivity index (χ2v) is 7.73. The molecule has 30 heavy (non-hydrogen) atoms. The highest BCUT2D eigenvalue weighted by atomic mass is 19.1. The Morgan fingerprint density at radius 2 is 1.77 bits per heavy atom.